The Balaban J connectivity index is 2.74. The summed E-state index contributed by atoms with van der Waals surface area (Å²) in [6, 6.07) is 4.31. The van der Waals surface area contributed by atoms with Crippen LogP contribution in [-0.4, -0.2) is 15.0 Å². The summed E-state index contributed by atoms with van der Waals surface area (Å²) in [6.45, 7) is 0. The summed E-state index contributed by atoms with van der Waals surface area (Å²) in [5.41, 5.74) is 0.289. The molecule has 0 amide bonds. The molecule has 2 aromatic rings. The molecular formula is C10H7F2N3O. The van der Waals surface area contributed by atoms with Gasteiger partial charge in [0.15, 0.2) is 0 Å². The van der Waals surface area contributed by atoms with Gasteiger partial charge in [0, 0.05) is 13.1 Å². The maximum absolute atomic E-state index is 12.1. The molecule has 16 heavy (non-hydrogen) atoms. The second-order valence-electron chi connectivity index (χ2n) is 3.23. The molecule has 0 aliphatic carbocycles. The van der Waals surface area contributed by atoms with Crippen LogP contribution in [0.1, 0.15) is 5.56 Å². The zero-order chi connectivity index (χ0) is 11.7. The normalized spacial score (nSPS) is 10.4. The molecule has 0 saturated heterocycles. The quantitative estimate of drug-likeness (QED) is 0.737. The van der Waals surface area contributed by atoms with Crippen LogP contribution < -0.4 is 5.56 Å². The van der Waals surface area contributed by atoms with Crippen LogP contribution in [0.2, 0.25) is 0 Å². The second-order valence-corrected chi connectivity index (χ2v) is 3.23. The summed E-state index contributed by atoms with van der Waals surface area (Å²) in [5.74, 6) is 0. The third-order valence-electron chi connectivity index (χ3n) is 2.11. The first-order valence-electron chi connectivity index (χ1n) is 4.44. The van der Waals surface area contributed by atoms with Gasteiger partial charge < -0.3 is 0 Å². The van der Waals surface area contributed by atoms with Gasteiger partial charge in [-0.25, -0.2) is 4.68 Å². The number of hydrogen-bond acceptors (Lipinski definition) is 3. The highest BCUT2D eigenvalue weighted by Gasteiger charge is 2.03. The van der Waals surface area contributed by atoms with E-state index in [-0.39, 0.29) is 16.5 Å². The lowest BCUT2D eigenvalue weighted by molar-refractivity contribution is 0.429. The highest BCUT2D eigenvalue weighted by Crippen LogP contribution is 2.13. The molecule has 1 aromatic heterocycles. The fourth-order valence-electron chi connectivity index (χ4n) is 1.36. The lowest BCUT2D eigenvalue weighted by atomic mass is 10.1. The molecule has 0 spiro atoms. The molecule has 0 aliphatic rings. The SMILES string of the molecule is Cn1nnc2ccc(C=C(F)F)cc2c1=O. The minimum atomic E-state index is -1.81. The lowest BCUT2D eigenvalue weighted by Crippen LogP contribution is -2.20. The van der Waals surface area contributed by atoms with Gasteiger partial charge in [0.1, 0.15) is 5.52 Å². The predicted molar refractivity (Wildman–Crippen MR) is 55.0 cm³/mol. The van der Waals surface area contributed by atoms with Crippen LogP contribution in [0.4, 0.5) is 8.78 Å². The Morgan fingerprint density at radius 2 is 2.19 bits per heavy atom. The van der Waals surface area contributed by atoms with E-state index in [9.17, 15) is 13.6 Å². The summed E-state index contributed by atoms with van der Waals surface area (Å²) < 4.78 is 25.2. The van der Waals surface area contributed by atoms with Crippen molar-refractivity contribution in [1.82, 2.24) is 15.0 Å². The van der Waals surface area contributed by atoms with Crippen molar-refractivity contribution in [2.24, 2.45) is 7.05 Å². The first-order chi connectivity index (χ1) is 7.58. The van der Waals surface area contributed by atoms with E-state index in [1.54, 1.807) is 0 Å². The minimum Gasteiger partial charge on any atom is -0.267 e. The molecule has 0 bridgehead atoms. The average molecular weight is 223 g/mol. The number of nitrogens with zero attached hydrogens (tertiary/aromatic N) is 3. The zero-order valence-electron chi connectivity index (χ0n) is 8.32. The Labute approximate surface area is 88.8 Å². The van der Waals surface area contributed by atoms with E-state index < -0.39 is 6.08 Å². The van der Waals surface area contributed by atoms with Crippen LogP contribution >= 0.6 is 0 Å². The molecule has 6 heteroatoms. The first-order valence-corrected chi connectivity index (χ1v) is 4.44. The van der Waals surface area contributed by atoms with Crippen molar-refractivity contribution in [3.05, 3.63) is 40.2 Å². The summed E-state index contributed by atoms with van der Waals surface area (Å²) in [5, 5.41) is 7.63. The average Bonchev–Trinajstić information content (AvgIpc) is 2.23. The van der Waals surface area contributed by atoms with Crippen molar-refractivity contribution in [2.75, 3.05) is 0 Å². The minimum absolute atomic E-state index is 0.262. The molecule has 82 valence electrons. The fourth-order valence-corrected chi connectivity index (χ4v) is 1.36. The third kappa shape index (κ3) is 1.81. The molecule has 4 nitrogen and oxygen atoms in total. The molecule has 0 fully saturated rings. The van der Waals surface area contributed by atoms with Gasteiger partial charge in [-0.05, 0) is 17.7 Å². The summed E-state index contributed by atoms with van der Waals surface area (Å²) in [4.78, 5) is 11.6. The number of hydrogen-bond donors (Lipinski definition) is 0. The van der Waals surface area contributed by atoms with E-state index in [0.29, 0.717) is 11.6 Å². The van der Waals surface area contributed by atoms with Gasteiger partial charge in [-0.15, -0.1) is 5.10 Å². The molecular weight excluding hydrogens is 216 g/mol. The van der Waals surface area contributed by atoms with E-state index in [2.05, 4.69) is 10.3 Å². The Hall–Kier alpha value is -2.11. The number of halogens is 2. The molecule has 1 aromatic carbocycles. The summed E-state index contributed by atoms with van der Waals surface area (Å²) in [7, 11) is 1.45. The van der Waals surface area contributed by atoms with E-state index in [1.165, 1.54) is 25.2 Å². The molecule has 0 radical (unpaired) electrons. The number of fused-ring (bicyclic) bond motifs is 1. The van der Waals surface area contributed by atoms with E-state index >= 15 is 0 Å². The van der Waals surface area contributed by atoms with Crippen LogP contribution in [0.5, 0.6) is 0 Å². The lowest BCUT2D eigenvalue weighted by Gasteiger charge is -1.99. The molecule has 0 saturated carbocycles. The summed E-state index contributed by atoms with van der Waals surface area (Å²) >= 11 is 0. The standard InChI is InChI=1S/C10H7F2N3O/c1-15-10(16)7-4-6(5-9(11)12)2-3-8(7)13-14-15/h2-5H,1H3. The van der Waals surface area contributed by atoms with Gasteiger partial charge >= 0.3 is 0 Å². The van der Waals surface area contributed by atoms with Crippen molar-refractivity contribution in [2.45, 2.75) is 0 Å². The van der Waals surface area contributed by atoms with Gasteiger partial charge in [0.2, 0.25) is 0 Å². The number of rotatable bonds is 1. The van der Waals surface area contributed by atoms with Crippen molar-refractivity contribution in [1.29, 1.82) is 0 Å². The summed E-state index contributed by atoms with van der Waals surface area (Å²) in [6.07, 6.45) is -1.11. The van der Waals surface area contributed by atoms with Crippen LogP contribution in [0.25, 0.3) is 17.0 Å². The van der Waals surface area contributed by atoms with Gasteiger partial charge in [0.25, 0.3) is 11.6 Å². The van der Waals surface area contributed by atoms with Crippen LogP contribution in [0.15, 0.2) is 29.1 Å². The van der Waals surface area contributed by atoms with Crippen molar-refractivity contribution in [3.63, 3.8) is 0 Å². The Kier molecular flexibility index (Phi) is 2.47. The van der Waals surface area contributed by atoms with Crippen LogP contribution in [-0.2, 0) is 7.05 Å². The van der Waals surface area contributed by atoms with Gasteiger partial charge in [-0.1, -0.05) is 11.3 Å². The fraction of sp³-hybridized carbons (Fsp3) is 0.100. The maximum atomic E-state index is 12.1. The predicted octanol–water partition coefficient (Wildman–Crippen LogP) is 1.57. The van der Waals surface area contributed by atoms with Crippen molar-refractivity contribution >= 4 is 17.0 Å². The number of aryl methyl sites for hydroxylation is 1. The maximum Gasteiger partial charge on any atom is 0.277 e. The molecule has 0 aliphatic heterocycles. The van der Waals surface area contributed by atoms with E-state index in [4.69, 9.17) is 0 Å². The van der Waals surface area contributed by atoms with E-state index in [1.807, 2.05) is 0 Å². The van der Waals surface area contributed by atoms with Crippen LogP contribution in [0, 0.1) is 0 Å². The van der Waals surface area contributed by atoms with E-state index in [0.717, 1.165) is 4.68 Å². The highest BCUT2D eigenvalue weighted by molar-refractivity contribution is 5.79. The van der Waals surface area contributed by atoms with Gasteiger partial charge in [-0.3, -0.25) is 4.79 Å². The number of benzene rings is 1. The second kappa shape index (κ2) is 3.80. The van der Waals surface area contributed by atoms with Gasteiger partial charge in [0.05, 0.1) is 5.39 Å². The largest absolute Gasteiger partial charge is 0.277 e. The zero-order valence-corrected chi connectivity index (χ0v) is 8.32. The molecule has 0 atom stereocenters. The van der Waals surface area contributed by atoms with Crippen molar-refractivity contribution in [3.8, 4) is 0 Å². The smallest absolute Gasteiger partial charge is 0.267 e. The molecule has 0 N–H and O–H groups in total. The van der Waals surface area contributed by atoms with Crippen molar-refractivity contribution < 1.29 is 8.78 Å². The molecule has 1 heterocycles. The Morgan fingerprint density at radius 1 is 1.44 bits per heavy atom. The monoisotopic (exact) mass is 223 g/mol. The first kappa shape index (κ1) is 10.4. The Bertz CT molecular complexity index is 629. The van der Waals surface area contributed by atoms with Crippen LogP contribution in [0.3, 0.4) is 0 Å². The molecule has 0 unspecified atom stereocenters. The highest BCUT2D eigenvalue weighted by atomic mass is 19.3. The van der Waals surface area contributed by atoms with Gasteiger partial charge in [-0.2, -0.15) is 8.78 Å². The molecule has 2 rings (SSSR count). The number of aromatic nitrogens is 3. The topological polar surface area (TPSA) is 47.8 Å². The Morgan fingerprint density at radius 3 is 2.88 bits per heavy atom. The third-order valence-corrected chi connectivity index (χ3v) is 2.11.